The molecule has 29 heavy (non-hydrogen) atoms. The number of rotatable bonds is 8. The molecule has 1 aliphatic rings. The largest absolute Gasteiger partial charge is 0.457 e. The summed E-state index contributed by atoms with van der Waals surface area (Å²) in [5.41, 5.74) is 0.962. The number of sulfonamides is 1. The van der Waals surface area contributed by atoms with E-state index in [2.05, 4.69) is 4.72 Å². The van der Waals surface area contributed by atoms with Crippen LogP contribution < -0.4 is 4.72 Å². The Morgan fingerprint density at radius 2 is 2.03 bits per heavy atom. The summed E-state index contributed by atoms with van der Waals surface area (Å²) in [5, 5.41) is 0.0362. The van der Waals surface area contributed by atoms with Gasteiger partial charge in [-0.15, -0.1) is 11.8 Å². The maximum absolute atomic E-state index is 12.6. The van der Waals surface area contributed by atoms with Gasteiger partial charge in [0.05, 0.1) is 16.7 Å². The van der Waals surface area contributed by atoms with Gasteiger partial charge in [0, 0.05) is 18.0 Å². The molecule has 0 aliphatic carbocycles. The fourth-order valence-corrected chi connectivity index (χ4v) is 4.87. The molecule has 1 N–H and O–H groups in total. The Labute approximate surface area is 180 Å². The first-order valence-electron chi connectivity index (χ1n) is 9.10. The van der Waals surface area contributed by atoms with E-state index in [1.54, 1.807) is 11.8 Å². The molecule has 6 nitrogen and oxygen atoms in total. The molecule has 1 heterocycles. The molecular weight excluding hydrogens is 434 g/mol. The summed E-state index contributed by atoms with van der Waals surface area (Å²) in [6.07, 6.45) is 3.56. The quantitative estimate of drug-likeness (QED) is 0.480. The highest BCUT2D eigenvalue weighted by atomic mass is 35.5. The molecule has 2 aromatic carbocycles. The smallest absolute Gasteiger partial charge is 0.338 e. The van der Waals surface area contributed by atoms with Crippen molar-refractivity contribution in [3.8, 4) is 0 Å². The topological polar surface area (TPSA) is 81.7 Å². The summed E-state index contributed by atoms with van der Waals surface area (Å²) in [6, 6.07) is 11.7. The van der Waals surface area contributed by atoms with Crippen LogP contribution in [0.15, 0.2) is 52.3 Å². The van der Waals surface area contributed by atoms with Crippen molar-refractivity contribution in [3.63, 3.8) is 0 Å². The van der Waals surface area contributed by atoms with Crippen LogP contribution in [0.4, 0.5) is 0 Å². The van der Waals surface area contributed by atoms with Crippen LogP contribution in [0.25, 0.3) is 0 Å². The van der Waals surface area contributed by atoms with E-state index in [0.29, 0.717) is 6.61 Å². The number of hydrogen-bond donors (Lipinski definition) is 1. The average Bonchev–Trinajstić information content (AvgIpc) is 3.25. The van der Waals surface area contributed by atoms with Crippen LogP contribution in [0.5, 0.6) is 0 Å². The Bertz CT molecular complexity index is 957. The summed E-state index contributed by atoms with van der Waals surface area (Å²) >= 11 is 7.70. The molecule has 1 fully saturated rings. The van der Waals surface area contributed by atoms with Crippen molar-refractivity contribution in [2.75, 3.05) is 19.4 Å². The normalized spacial score (nSPS) is 16.7. The number of carbonyl (C=O) groups is 1. The number of ether oxygens (including phenoxy) is 2. The van der Waals surface area contributed by atoms with Crippen molar-refractivity contribution in [3.05, 3.63) is 58.6 Å². The van der Waals surface area contributed by atoms with Gasteiger partial charge < -0.3 is 9.47 Å². The van der Waals surface area contributed by atoms with E-state index < -0.39 is 16.0 Å². The molecule has 0 saturated carbocycles. The van der Waals surface area contributed by atoms with Crippen molar-refractivity contribution in [2.45, 2.75) is 35.3 Å². The predicted molar refractivity (Wildman–Crippen MR) is 113 cm³/mol. The lowest BCUT2D eigenvalue weighted by molar-refractivity contribution is 0.0472. The third kappa shape index (κ3) is 5.96. The second-order valence-electron chi connectivity index (χ2n) is 6.56. The third-order valence-electron chi connectivity index (χ3n) is 4.51. The number of benzene rings is 2. The van der Waals surface area contributed by atoms with Crippen LogP contribution in [0, 0.1) is 0 Å². The minimum atomic E-state index is -3.88. The van der Waals surface area contributed by atoms with Crippen LogP contribution in [-0.4, -0.2) is 39.9 Å². The third-order valence-corrected chi connectivity index (χ3v) is 7.16. The fraction of sp³-hybridized carbons (Fsp3) is 0.350. The van der Waals surface area contributed by atoms with Gasteiger partial charge in [-0.25, -0.2) is 17.9 Å². The van der Waals surface area contributed by atoms with Gasteiger partial charge in [-0.1, -0.05) is 23.7 Å². The Morgan fingerprint density at radius 1 is 1.28 bits per heavy atom. The van der Waals surface area contributed by atoms with E-state index in [1.165, 1.54) is 18.2 Å². The maximum atomic E-state index is 12.6. The molecule has 9 heteroatoms. The van der Waals surface area contributed by atoms with Gasteiger partial charge in [-0.05, 0) is 55.0 Å². The first-order chi connectivity index (χ1) is 13.9. The fourth-order valence-electron chi connectivity index (χ4n) is 2.88. The molecule has 156 valence electrons. The van der Waals surface area contributed by atoms with Gasteiger partial charge in [0.15, 0.2) is 0 Å². The summed E-state index contributed by atoms with van der Waals surface area (Å²) in [7, 11) is -3.88. The molecule has 1 unspecified atom stereocenters. The molecule has 1 atom stereocenters. The highest BCUT2D eigenvalue weighted by Gasteiger charge is 2.23. The van der Waals surface area contributed by atoms with Gasteiger partial charge in [0.2, 0.25) is 10.0 Å². The van der Waals surface area contributed by atoms with Crippen LogP contribution in [-0.2, 0) is 26.1 Å². The SMILES string of the molecule is CSc1ccc(COC(=O)c2ccc(Cl)c(S(=O)(=O)NCC3CCCO3)c2)cc1. The maximum Gasteiger partial charge on any atom is 0.338 e. The van der Waals surface area contributed by atoms with E-state index in [9.17, 15) is 13.2 Å². The number of nitrogens with one attached hydrogen (secondary N) is 1. The summed E-state index contributed by atoms with van der Waals surface area (Å²) in [6.45, 7) is 0.892. The van der Waals surface area contributed by atoms with Crippen molar-refractivity contribution in [2.24, 2.45) is 0 Å². The van der Waals surface area contributed by atoms with Gasteiger partial charge in [-0.2, -0.15) is 0 Å². The van der Waals surface area contributed by atoms with E-state index in [0.717, 1.165) is 23.3 Å². The molecule has 0 spiro atoms. The van der Waals surface area contributed by atoms with Gasteiger partial charge in [0.25, 0.3) is 0 Å². The molecule has 0 bridgehead atoms. The lowest BCUT2D eigenvalue weighted by atomic mass is 10.2. The van der Waals surface area contributed by atoms with Crippen LogP contribution in [0.2, 0.25) is 5.02 Å². The molecule has 1 saturated heterocycles. The second kappa shape index (κ2) is 9.95. The number of esters is 1. The average molecular weight is 456 g/mol. The monoisotopic (exact) mass is 455 g/mol. The van der Waals surface area contributed by atoms with Crippen molar-refractivity contribution in [1.29, 1.82) is 0 Å². The highest BCUT2D eigenvalue weighted by molar-refractivity contribution is 7.98. The number of hydrogen-bond acceptors (Lipinski definition) is 6. The van der Waals surface area contributed by atoms with E-state index in [-0.39, 0.29) is 34.7 Å². The molecule has 1 aliphatic heterocycles. The zero-order valence-electron chi connectivity index (χ0n) is 15.9. The number of thioether (sulfide) groups is 1. The van der Waals surface area contributed by atoms with Gasteiger partial charge >= 0.3 is 5.97 Å². The molecule has 3 rings (SSSR count). The summed E-state index contributed by atoms with van der Waals surface area (Å²) in [4.78, 5) is 13.4. The van der Waals surface area contributed by atoms with Crippen LogP contribution >= 0.6 is 23.4 Å². The lowest BCUT2D eigenvalue weighted by Gasteiger charge is -2.13. The second-order valence-corrected chi connectivity index (χ2v) is 9.58. The first kappa shape index (κ1) is 22.1. The Balaban J connectivity index is 1.67. The summed E-state index contributed by atoms with van der Waals surface area (Å²) in [5.74, 6) is -0.619. The predicted octanol–water partition coefficient (Wildman–Crippen LogP) is 3.88. The van der Waals surface area contributed by atoms with Crippen molar-refractivity contribution < 1.29 is 22.7 Å². The zero-order valence-corrected chi connectivity index (χ0v) is 18.3. The molecular formula is C20H22ClNO5S2. The lowest BCUT2D eigenvalue weighted by Crippen LogP contribution is -2.32. The van der Waals surface area contributed by atoms with Crippen molar-refractivity contribution >= 4 is 39.4 Å². The number of carbonyl (C=O) groups excluding carboxylic acids is 1. The minimum absolute atomic E-state index is 0.0362. The van der Waals surface area contributed by atoms with Gasteiger partial charge in [-0.3, -0.25) is 0 Å². The first-order valence-corrected chi connectivity index (χ1v) is 12.2. The molecule has 0 amide bonds. The Kier molecular flexibility index (Phi) is 7.59. The standard InChI is InChI=1S/C20H22ClNO5S2/c1-28-17-7-4-14(5-8-17)13-27-20(23)15-6-9-18(21)19(11-15)29(24,25)22-12-16-3-2-10-26-16/h4-9,11,16,22H,2-3,10,12-13H2,1H3. The molecule has 0 radical (unpaired) electrons. The zero-order chi connectivity index (χ0) is 20.9. The Hall–Kier alpha value is -1.58. The highest BCUT2D eigenvalue weighted by Crippen LogP contribution is 2.24. The minimum Gasteiger partial charge on any atom is -0.457 e. The number of halogens is 1. The van der Waals surface area contributed by atoms with E-state index >= 15 is 0 Å². The summed E-state index contributed by atoms with van der Waals surface area (Å²) < 4.78 is 38.5. The van der Waals surface area contributed by atoms with Crippen LogP contribution in [0.1, 0.15) is 28.8 Å². The van der Waals surface area contributed by atoms with E-state index in [4.69, 9.17) is 21.1 Å². The van der Waals surface area contributed by atoms with Crippen molar-refractivity contribution in [1.82, 2.24) is 4.72 Å². The molecule has 2 aromatic rings. The Morgan fingerprint density at radius 3 is 2.69 bits per heavy atom. The van der Waals surface area contributed by atoms with E-state index in [1.807, 2.05) is 30.5 Å². The van der Waals surface area contributed by atoms with Gasteiger partial charge in [0.1, 0.15) is 11.5 Å². The van der Waals surface area contributed by atoms with Crippen LogP contribution in [0.3, 0.4) is 0 Å². The molecule has 0 aromatic heterocycles.